The predicted octanol–water partition coefficient (Wildman–Crippen LogP) is 3.59. The maximum atomic E-state index is 13.7. The van der Waals surface area contributed by atoms with Crippen molar-refractivity contribution in [1.82, 2.24) is 10.2 Å². The van der Waals surface area contributed by atoms with Crippen molar-refractivity contribution in [1.29, 1.82) is 0 Å². The van der Waals surface area contributed by atoms with E-state index in [-0.39, 0.29) is 29.2 Å². The number of hydrogen-bond acceptors (Lipinski definition) is 5. The van der Waals surface area contributed by atoms with Gasteiger partial charge in [0.15, 0.2) is 0 Å². The second-order valence-corrected chi connectivity index (χ2v) is 10.6. The number of amides is 2. The van der Waals surface area contributed by atoms with Gasteiger partial charge in [-0.2, -0.15) is 0 Å². The van der Waals surface area contributed by atoms with Crippen molar-refractivity contribution < 1.29 is 27.1 Å². The highest BCUT2D eigenvalue weighted by Crippen LogP contribution is 2.25. The number of carbonyl (C=O) groups is 2. The molecule has 0 aliphatic heterocycles. The Balaban J connectivity index is 2.45. The molecule has 1 atom stereocenters. The number of nitrogens with one attached hydrogen (secondary N) is 1. The van der Waals surface area contributed by atoms with Gasteiger partial charge < -0.3 is 15.0 Å². The van der Waals surface area contributed by atoms with Gasteiger partial charge in [0.05, 0.1) is 24.1 Å². The highest BCUT2D eigenvalue weighted by atomic mass is 35.5. The van der Waals surface area contributed by atoms with E-state index < -0.39 is 34.3 Å². The van der Waals surface area contributed by atoms with Gasteiger partial charge in [-0.05, 0) is 56.2 Å². The van der Waals surface area contributed by atoms with Crippen LogP contribution in [0.5, 0.6) is 5.75 Å². The number of rotatable bonds is 11. The summed E-state index contributed by atoms with van der Waals surface area (Å²) in [6.07, 6.45) is 1.25. The number of ether oxygens (including phenoxy) is 1. The lowest BCUT2D eigenvalue weighted by Crippen LogP contribution is -2.53. The summed E-state index contributed by atoms with van der Waals surface area (Å²) < 4.78 is 44.8. The molecule has 0 bridgehead atoms. The zero-order valence-corrected chi connectivity index (χ0v) is 22.0. The molecule has 0 saturated heterocycles. The minimum Gasteiger partial charge on any atom is -0.497 e. The number of nitrogens with zero attached hydrogens (tertiary/aromatic N) is 2. The lowest BCUT2D eigenvalue weighted by Gasteiger charge is -2.33. The van der Waals surface area contributed by atoms with Gasteiger partial charge in [0, 0.05) is 12.6 Å². The van der Waals surface area contributed by atoms with Gasteiger partial charge in [-0.3, -0.25) is 13.9 Å². The number of halogens is 2. The first-order valence-corrected chi connectivity index (χ1v) is 13.3. The number of carbonyl (C=O) groups excluding carboxylic acids is 2. The van der Waals surface area contributed by atoms with Crippen LogP contribution in [-0.4, -0.2) is 57.1 Å². The molecule has 2 aromatic rings. The molecule has 0 fully saturated rings. The molecule has 0 radical (unpaired) electrons. The monoisotopic (exact) mass is 527 g/mol. The minimum atomic E-state index is -3.94. The van der Waals surface area contributed by atoms with E-state index in [1.54, 1.807) is 31.2 Å². The molecular weight excluding hydrogens is 497 g/mol. The normalized spacial score (nSPS) is 12.2. The summed E-state index contributed by atoms with van der Waals surface area (Å²) in [6, 6.07) is 9.40. The lowest BCUT2D eigenvalue weighted by molar-refractivity contribution is -0.140. The molecule has 0 spiro atoms. The third-order valence-corrected chi connectivity index (χ3v) is 6.63. The van der Waals surface area contributed by atoms with Crippen LogP contribution in [0.15, 0.2) is 42.5 Å². The SMILES string of the molecule is CCC(C(=O)NC(C)C)N(Cc1ccc(OC)cc1)C(=O)CN(c1ccc(F)c(Cl)c1)S(C)(=O)=O. The Hall–Kier alpha value is -2.85. The van der Waals surface area contributed by atoms with E-state index in [0.717, 1.165) is 28.3 Å². The van der Waals surface area contributed by atoms with Crippen molar-refractivity contribution in [3.8, 4) is 5.75 Å². The van der Waals surface area contributed by atoms with Crippen LogP contribution < -0.4 is 14.4 Å². The molecule has 2 aromatic carbocycles. The number of anilines is 1. The van der Waals surface area contributed by atoms with Gasteiger partial charge in [0.1, 0.15) is 24.2 Å². The first-order valence-electron chi connectivity index (χ1n) is 11.0. The third kappa shape index (κ3) is 7.83. The van der Waals surface area contributed by atoms with E-state index in [0.29, 0.717) is 12.2 Å². The van der Waals surface area contributed by atoms with E-state index >= 15 is 0 Å². The molecule has 0 aromatic heterocycles. The van der Waals surface area contributed by atoms with Crippen molar-refractivity contribution in [2.24, 2.45) is 0 Å². The van der Waals surface area contributed by atoms with Crippen LogP contribution >= 0.6 is 11.6 Å². The molecule has 2 amide bonds. The predicted molar refractivity (Wildman–Crippen MR) is 135 cm³/mol. The Kier molecular flexibility index (Phi) is 9.91. The topological polar surface area (TPSA) is 96.0 Å². The standard InChI is InChI=1S/C24H31ClFN3O5S/c1-6-22(24(31)27-16(2)3)28(14-17-7-10-19(34-4)11-8-17)23(30)15-29(35(5,32)33)18-9-12-21(26)20(25)13-18/h7-13,16,22H,6,14-15H2,1-5H3,(H,27,31). The van der Waals surface area contributed by atoms with E-state index in [1.807, 2.05) is 13.8 Å². The van der Waals surface area contributed by atoms with Crippen molar-refractivity contribution in [3.05, 3.63) is 58.9 Å². The Labute approximate surface area is 211 Å². The van der Waals surface area contributed by atoms with Crippen molar-refractivity contribution in [2.45, 2.75) is 45.8 Å². The summed E-state index contributed by atoms with van der Waals surface area (Å²) in [5, 5.41) is 2.54. The molecular formula is C24H31ClFN3O5S. The molecule has 192 valence electrons. The highest BCUT2D eigenvalue weighted by molar-refractivity contribution is 7.92. The second-order valence-electron chi connectivity index (χ2n) is 8.33. The summed E-state index contributed by atoms with van der Waals surface area (Å²) in [4.78, 5) is 27.8. The molecule has 0 aliphatic rings. The number of methoxy groups -OCH3 is 1. The van der Waals surface area contributed by atoms with E-state index in [4.69, 9.17) is 16.3 Å². The van der Waals surface area contributed by atoms with E-state index in [1.165, 1.54) is 18.1 Å². The Morgan fingerprint density at radius 2 is 1.77 bits per heavy atom. The fraction of sp³-hybridized carbons (Fsp3) is 0.417. The molecule has 11 heteroatoms. The van der Waals surface area contributed by atoms with E-state index in [2.05, 4.69) is 5.32 Å². The van der Waals surface area contributed by atoms with Crippen LogP contribution in [0.1, 0.15) is 32.8 Å². The van der Waals surface area contributed by atoms with Crippen molar-refractivity contribution in [3.63, 3.8) is 0 Å². The Morgan fingerprint density at radius 3 is 2.26 bits per heavy atom. The van der Waals surface area contributed by atoms with Crippen LogP contribution in [0.25, 0.3) is 0 Å². The molecule has 1 N–H and O–H groups in total. The Bertz CT molecular complexity index is 1140. The van der Waals surface area contributed by atoms with Crippen molar-refractivity contribution >= 4 is 39.1 Å². The van der Waals surface area contributed by atoms with Gasteiger partial charge in [0.25, 0.3) is 0 Å². The molecule has 35 heavy (non-hydrogen) atoms. The van der Waals surface area contributed by atoms with Crippen molar-refractivity contribution in [2.75, 3.05) is 24.2 Å². The first-order chi connectivity index (χ1) is 16.4. The van der Waals surface area contributed by atoms with E-state index in [9.17, 15) is 22.4 Å². The third-order valence-electron chi connectivity index (χ3n) is 5.20. The smallest absolute Gasteiger partial charge is 0.244 e. The minimum absolute atomic E-state index is 0.0383. The first kappa shape index (κ1) is 28.4. The zero-order chi connectivity index (χ0) is 26.3. The maximum absolute atomic E-state index is 13.7. The lowest BCUT2D eigenvalue weighted by atomic mass is 10.1. The number of benzene rings is 2. The zero-order valence-electron chi connectivity index (χ0n) is 20.4. The van der Waals surface area contributed by atoms with Gasteiger partial charge in [0.2, 0.25) is 21.8 Å². The van der Waals surface area contributed by atoms with Crippen LogP contribution in [0, 0.1) is 5.82 Å². The fourth-order valence-electron chi connectivity index (χ4n) is 3.48. The maximum Gasteiger partial charge on any atom is 0.244 e. The van der Waals surface area contributed by atoms with Gasteiger partial charge in [-0.25, -0.2) is 12.8 Å². The van der Waals surface area contributed by atoms with Gasteiger partial charge in [-0.1, -0.05) is 30.7 Å². The summed E-state index contributed by atoms with van der Waals surface area (Å²) in [5.41, 5.74) is 0.766. The Morgan fingerprint density at radius 1 is 1.14 bits per heavy atom. The molecule has 0 heterocycles. The molecule has 2 rings (SSSR count). The molecule has 8 nitrogen and oxygen atoms in total. The molecule has 0 aliphatic carbocycles. The van der Waals surface area contributed by atoms with Crippen LogP contribution in [0.2, 0.25) is 5.02 Å². The van der Waals surface area contributed by atoms with Crippen LogP contribution in [-0.2, 0) is 26.2 Å². The van der Waals surface area contributed by atoms with Crippen LogP contribution in [0.3, 0.4) is 0 Å². The largest absolute Gasteiger partial charge is 0.497 e. The number of sulfonamides is 1. The quantitative estimate of drug-likeness (QED) is 0.482. The van der Waals surface area contributed by atoms with Gasteiger partial charge >= 0.3 is 0 Å². The fourth-order valence-corrected chi connectivity index (χ4v) is 4.50. The summed E-state index contributed by atoms with van der Waals surface area (Å²) in [7, 11) is -2.40. The summed E-state index contributed by atoms with van der Waals surface area (Å²) in [5.74, 6) is -1.03. The summed E-state index contributed by atoms with van der Waals surface area (Å²) >= 11 is 5.85. The summed E-state index contributed by atoms with van der Waals surface area (Å²) in [6.45, 7) is 4.86. The van der Waals surface area contributed by atoms with Crippen LogP contribution in [0.4, 0.5) is 10.1 Å². The average Bonchev–Trinajstić information content (AvgIpc) is 2.78. The molecule has 0 saturated carbocycles. The average molecular weight is 528 g/mol. The molecule has 1 unspecified atom stereocenters. The van der Waals surface area contributed by atoms with Gasteiger partial charge in [-0.15, -0.1) is 0 Å². The highest BCUT2D eigenvalue weighted by Gasteiger charge is 2.32. The second kappa shape index (κ2) is 12.2. The number of hydrogen-bond donors (Lipinski definition) is 1.